The van der Waals surface area contributed by atoms with Gasteiger partial charge in [-0.2, -0.15) is 0 Å². The van der Waals surface area contributed by atoms with Gasteiger partial charge in [0.05, 0.1) is 0 Å². The first-order valence-electron chi connectivity index (χ1n) is 7.69. The number of carbonyl (C=O) groups is 2. The average Bonchev–Trinajstić information content (AvgIpc) is 2.67. The van der Waals surface area contributed by atoms with Gasteiger partial charge in [-0.05, 0) is 51.2 Å². The Balaban J connectivity index is 2.06. The van der Waals surface area contributed by atoms with Crippen molar-refractivity contribution < 1.29 is 19.8 Å². The summed E-state index contributed by atoms with van der Waals surface area (Å²) in [6, 6.07) is 0.264. The molecule has 2 aliphatic heterocycles. The van der Waals surface area contributed by atoms with Crippen molar-refractivity contribution in [2.45, 2.75) is 31.7 Å². The molecule has 0 spiro atoms. The van der Waals surface area contributed by atoms with E-state index in [9.17, 15) is 9.59 Å². The smallest absolute Gasteiger partial charge is 0.303 e. The summed E-state index contributed by atoms with van der Waals surface area (Å²) in [6.45, 7) is 2.69. The Morgan fingerprint density at radius 1 is 1.10 bits per heavy atom. The SMILES string of the molecule is CN1CC(C2[C@@H](CC(=O)O)CCN2C)C[C@@H](CC(=O)O)C1. The number of rotatable bonds is 5. The van der Waals surface area contributed by atoms with E-state index < -0.39 is 11.9 Å². The highest BCUT2D eigenvalue weighted by molar-refractivity contribution is 5.67. The number of carboxylic acid groups (broad SMARTS) is 2. The molecule has 2 heterocycles. The predicted molar refractivity (Wildman–Crippen MR) is 78.1 cm³/mol. The molecule has 0 aliphatic carbocycles. The molecule has 2 aliphatic rings. The van der Waals surface area contributed by atoms with Crippen LogP contribution in [0.3, 0.4) is 0 Å². The van der Waals surface area contributed by atoms with E-state index in [-0.39, 0.29) is 30.7 Å². The maximum absolute atomic E-state index is 11.1. The van der Waals surface area contributed by atoms with E-state index in [0.29, 0.717) is 5.92 Å². The zero-order valence-electron chi connectivity index (χ0n) is 12.9. The van der Waals surface area contributed by atoms with E-state index >= 15 is 0 Å². The Kier molecular flexibility index (Phi) is 5.22. The van der Waals surface area contributed by atoms with Gasteiger partial charge in [0.1, 0.15) is 0 Å². The van der Waals surface area contributed by atoms with Crippen LogP contribution in [-0.4, -0.2) is 71.7 Å². The van der Waals surface area contributed by atoms with E-state index in [2.05, 4.69) is 16.8 Å². The third kappa shape index (κ3) is 4.17. The number of carboxylic acids is 2. The molecule has 120 valence electrons. The van der Waals surface area contributed by atoms with Crippen molar-refractivity contribution in [1.29, 1.82) is 0 Å². The molecular weight excluding hydrogens is 272 g/mol. The van der Waals surface area contributed by atoms with Crippen LogP contribution in [0.1, 0.15) is 25.7 Å². The number of hydrogen-bond donors (Lipinski definition) is 2. The second-order valence-corrected chi connectivity index (χ2v) is 6.80. The van der Waals surface area contributed by atoms with Gasteiger partial charge in [-0.1, -0.05) is 0 Å². The van der Waals surface area contributed by atoms with Gasteiger partial charge in [-0.25, -0.2) is 0 Å². The first-order valence-corrected chi connectivity index (χ1v) is 7.69. The van der Waals surface area contributed by atoms with Crippen molar-refractivity contribution in [3.63, 3.8) is 0 Å². The third-order valence-corrected chi connectivity index (χ3v) is 4.98. The lowest BCUT2D eigenvalue weighted by atomic mass is 9.78. The first-order chi connectivity index (χ1) is 9.86. The quantitative estimate of drug-likeness (QED) is 0.782. The van der Waals surface area contributed by atoms with Gasteiger partial charge in [-0.15, -0.1) is 0 Å². The molecule has 0 aromatic rings. The summed E-state index contributed by atoms with van der Waals surface area (Å²) in [5.74, 6) is -0.743. The van der Waals surface area contributed by atoms with Crippen molar-refractivity contribution in [2.75, 3.05) is 33.7 Å². The van der Waals surface area contributed by atoms with E-state index in [1.54, 1.807) is 0 Å². The maximum Gasteiger partial charge on any atom is 0.303 e. The zero-order chi connectivity index (χ0) is 15.6. The van der Waals surface area contributed by atoms with Crippen LogP contribution in [-0.2, 0) is 9.59 Å². The normalized spacial score (nSPS) is 35.0. The molecule has 0 bridgehead atoms. The average molecular weight is 298 g/mol. The maximum atomic E-state index is 11.1. The van der Waals surface area contributed by atoms with Gasteiger partial charge in [0, 0.05) is 32.0 Å². The van der Waals surface area contributed by atoms with Gasteiger partial charge >= 0.3 is 11.9 Å². The summed E-state index contributed by atoms with van der Waals surface area (Å²) in [5, 5.41) is 18.1. The summed E-state index contributed by atoms with van der Waals surface area (Å²) in [4.78, 5) is 26.5. The number of hydrogen-bond acceptors (Lipinski definition) is 4. The van der Waals surface area contributed by atoms with E-state index in [4.69, 9.17) is 10.2 Å². The molecule has 0 aromatic heterocycles. The minimum atomic E-state index is -0.740. The second-order valence-electron chi connectivity index (χ2n) is 6.80. The molecule has 2 rings (SSSR count). The summed E-state index contributed by atoms with van der Waals surface area (Å²) < 4.78 is 0. The first kappa shape index (κ1) is 16.2. The van der Waals surface area contributed by atoms with Crippen LogP contribution >= 0.6 is 0 Å². The van der Waals surface area contributed by atoms with Crippen LogP contribution in [0.5, 0.6) is 0 Å². The third-order valence-electron chi connectivity index (χ3n) is 4.98. The molecule has 6 nitrogen and oxygen atoms in total. The minimum absolute atomic E-state index is 0.172. The lowest BCUT2D eigenvalue weighted by Crippen LogP contribution is -2.48. The predicted octanol–water partition coefficient (Wildman–Crippen LogP) is 0.824. The Bertz CT molecular complexity index is 401. The number of likely N-dealkylation sites (tertiary alicyclic amines) is 2. The van der Waals surface area contributed by atoms with Crippen LogP contribution in [0.4, 0.5) is 0 Å². The van der Waals surface area contributed by atoms with Crippen LogP contribution in [0.2, 0.25) is 0 Å². The number of aliphatic carboxylic acids is 2. The molecule has 0 aromatic carbocycles. The fourth-order valence-electron chi connectivity index (χ4n) is 4.38. The minimum Gasteiger partial charge on any atom is -0.481 e. The summed E-state index contributed by atoms with van der Waals surface area (Å²) in [7, 11) is 4.09. The van der Waals surface area contributed by atoms with Gasteiger partial charge in [-0.3, -0.25) is 9.59 Å². The highest BCUT2D eigenvalue weighted by Gasteiger charge is 2.41. The van der Waals surface area contributed by atoms with Crippen LogP contribution in [0.25, 0.3) is 0 Å². The van der Waals surface area contributed by atoms with Gasteiger partial charge in [0.2, 0.25) is 0 Å². The number of piperidine rings is 1. The summed E-state index contributed by atoms with van der Waals surface area (Å²) in [5.41, 5.74) is 0. The molecule has 0 radical (unpaired) electrons. The number of nitrogens with zero attached hydrogens (tertiary/aromatic N) is 2. The van der Waals surface area contributed by atoms with Crippen LogP contribution in [0, 0.1) is 17.8 Å². The van der Waals surface area contributed by atoms with Crippen molar-refractivity contribution in [3.8, 4) is 0 Å². The molecule has 6 heteroatoms. The summed E-state index contributed by atoms with van der Waals surface area (Å²) in [6.07, 6.45) is 2.25. The van der Waals surface area contributed by atoms with Crippen molar-refractivity contribution in [2.24, 2.45) is 17.8 Å². The molecule has 2 fully saturated rings. The summed E-state index contributed by atoms with van der Waals surface area (Å²) >= 11 is 0. The molecule has 2 unspecified atom stereocenters. The topological polar surface area (TPSA) is 81.1 Å². The molecule has 2 saturated heterocycles. The van der Waals surface area contributed by atoms with Crippen molar-refractivity contribution in [3.05, 3.63) is 0 Å². The zero-order valence-corrected chi connectivity index (χ0v) is 12.9. The van der Waals surface area contributed by atoms with Crippen molar-refractivity contribution >= 4 is 11.9 Å². The highest BCUT2D eigenvalue weighted by atomic mass is 16.4. The van der Waals surface area contributed by atoms with Crippen LogP contribution in [0.15, 0.2) is 0 Å². The highest BCUT2D eigenvalue weighted by Crippen LogP contribution is 2.37. The lowest BCUT2D eigenvalue weighted by molar-refractivity contribution is -0.139. The van der Waals surface area contributed by atoms with Crippen molar-refractivity contribution in [1.82, 2.24) is 9.80 Å². The van der Waals surface area contributed by atoms with Gasteiger partial charge in [0.25, 0.3) is 0 Å². The fraction of sp³-hybridized carbons (Fsp3) is 0.867. The largest absolute Gasteiger partial charge is 0.481 e. The Labute approximate surface area is 125 Å². The molecule has 0 saturated carbocycles. The molecular formula is C15H26N2O4. The van der Waals surface area contributed by atoms with Gasteiger partial charge < -0.3 is 20.0 Å². The Morgan fingerprint density at radius 2 is 1.76 bits per heavy atom. The molecule has 2 N–H and O–H groups in total. The second kappa shape index (κ2) is 6.75. The monoisotopic (exact) mass is 298 g/mol. The molecule has 4 atom stereocenters. The Morgan fingerprint density at radius 3 is 2.38 bits per heavy atom. The van der Waals surface area contributed by atoms with Gasteiger partial charge in [0.15, 0.2) is 0 Å². The molecule has 0 amide bonds. The fourth-order valence-corrected chi connectivity index (χ4v) is 4.38. The van der Waals surface area contributed by atoms with Crippen LogP contribution < -0.4 is 0 Å². The molecule has 21 heavy (non-hydrogen) atoms. The Hall–Kier alpha value is -1.14. The lowest BCUT2D eigenvalue weighted by Gasteiger charge is -2.41. The van der Waals surface area contributed by atoms with E-state index in [1.165, 1.54) is 0 Å². The van der Waals surface area contributed by atoms with E-state index in [1.807, 2.05) is 7.05 Å². The standard InChI is InChI=1S/C15H26N2O4/c1-16-8-10(6-13(18)19)5-12(9-16)15-11(7-14(20)21)3-4-17(15)2/h10-12,15H,3-9H2,1-2H3,(H,18,19)(H,20,21)/t10-,11+,12?,15?/m0/s1. The van der Waals surface area contributed by atoms with E-state index in [0.717, 1.165) is 32.5 Å².